The van der Waals surface area contributed by atoms with E-state index in [-0.39, 0.29) is 0 Å². The van der Waals surface area contributed by atoms with Gasteiger partial charge < -0.3 is 4.90 Å². The Labute approximate surface area is 199 Å². The lowest BCUT2D eigenvalue weighted by Gasteiger charge is -2.07. The summed E-state index contributed by atoms with van der Waals surface area (Å²) in [7, 11) is 4.25. The fraction of sp³-hybridized carbons (Fsp3) is 0.967. The lowest BCUT2D eigenvalue weighted by molar-refractivity contribution is 0.460. The number of unbranched alkanes of at least 4 members (excludes halogenated alkanes) is 25. The van der Waals surface area contributed by atoms with Crippen LogP contribution in [0.4, 0.5) is 0 Å². The molecule has 0 aromatic rings. The zero-order valence-electron chi connectivity index (χ0n) is 22.4. The average Bonchev–Trinajstić information content (AvgIpc) is 2.76. The van der Waals surface area contributed by atoms with Crippen molar-refractivity contribution in [3.05, 3.63) is 6.54 Å². The van der Waals surface area contributed by atoms with Gasteiger partial charge >= 0.3 is 0 Å². The SMILES string of the molecule is CCCCCCCCCCCCCCCCCCCCCCCCCCC[CH]N(C)C. The van der Waals surface area contributed by atoms with Crippen molar-refractivity contribution in [3.8, 4) is 0 Å². The highest BCUT2D eigenvalue weighted by molar-refractivity contribution is 4.60. The third-order valence-corrected chi connectivity index (χ3v) is 6.80. The van der Waals surface area contributed by atoms with E-state index in [9.17, 15) is 0 Å². The smallest absolute Gasteiger partial charge is 0.0245 e. The van der Waals surface area contributed by atoms with Crippen LogP contribution >= 0.6 is 0 Å². The molecule has 0 fully saturated rings. The molecule has 0 spiro atoms. The van der Waals surface area contributed by atoms with Gasteiger partial charge in [0.05, 0.1) is 0 Å². The number of nitrogens with zero attached hydrogens (tertiary/aromatic N) is 1. The number of hydrogen-bond acceptors (Lipinski definition) is 1. The Morgan fingerprint density at radius 3 is 0.806 bits per heavy atom. The van der Waals surface area contributed by atoms with Gasteiger partial charge in [-0.3, -0.25) is 0 Å². The van der Waals surface area contributed by atoms with Crippen molar-refractivity contribution in [2.24, 2.45) is 0 Å². The van der Waals surface area contributed by atoms with Crippen molar-refractivity contribution < 1.29 is 0 Å². The van der Waals surface area contributed by atoms with Gasteiger partial charge in [0.15, 0.2) is 0 Å². The van der Waals surface area contributed by atoms with E-state index in [0.29, 0.717) is 0 Å². The molecular weight excluding hydrogens is 374 g/mol. The van der Waals surface area contributed by atoms with Crippen molar-refractivity contribution in [3.63, 3.8) is 0 Å². The molecule has 0 aliphatic heterocycles. The van der Waals surface area contributed by atoms with Crippen LogP contribution in [0.25, 0.3) is 0 Å². The van der Waals surface area contributed by atoms with Gasteiger partial charge in [-0.05, 0) is 20.5 Å². The van der Waals surface area contributed by atoms with Crippen LogP contribution in [0.3, 0.4) is 0 Å². The van der Waals surface area contributed by atoms with Crippen LogP contribution in [0, 0.1) is 6.54 Å². The first-order valence-corrected chi connectivity index (χ1v) is 14.8. The predicted molar refractivity (Wildman–Crippen MR) is 144 cm³/mol. The minimum absolute atomic E-state index is 1.26. The Morgan fingerprint density at radius 1 is 0.355 bits per heavy atom. The van der Waals surface area contributed by atoms with E-state index in [2.05, 4.69) is 32.5 Å². The summed E-state index contributed by atoms with van der Waals surface area (Å²) in [4.78, 5) is 2.18. The third-order valence-electron chi connectivity index (χ3n) is 6.80. The molecule has 0 atom stereocenters. The maximum atomic E-state index is 2.30. The van der Waals surface area contributed by atoms with Crippen LogP contribution in [-0.4, -0.2) is 19.0 Å². The highest BCUT2D eigenvalue weighted by Crippen LogP contribution is 2.16. The molecule has 0 aromatic carbocycles. The zero-order chi connectivity index (χ0) is 22.7. The monoisotopic (exact) mass is 436 g/mol. The molecule has 31 heavy (non-hydrogen) atoms. The number of hydrogen-bond donors (Lipinski definition) is 0. The molecule has 0 rings (SSSR count). The summed E-state index contributed by atoms with van der Waals surface area (Å²) in [6, 6.07) is 0. The van der Waals surface area contributed by atoms with Gasteiger partial charge in [-0.25, -0.2) is 0 Å². The fourth-order valence-electron chi connectivity index (χ4n) is 4.63. The van der Waals surface area contributed by atoms with E-state index >= 15 is 0 Å². The van der Waals surface area contributed by atoms with Crippen LogP contribution in [-0.2, 0) is 0 Å². The molecule has 0 heterocycles. The van der Waals surface area contributed by atoms with Gasteiger partial charge in [-0.15, -0.1) is 0 Å². The molecule has 1 nitrogen and oxygen atoms in total. The maximum absolute atomic E-state index is 2.30. The Bertz CT molecular complexity index is 299. The van der Waals surface area contributed by atoms with Crippen LogP contribution in [0.15, 0.2) is 0 Å². The molecule has 0 saturated heterocycles. The van der Waals surface area contributed by atoms with Crippen molar-refractivity contribution in [1.29, 1.82) is 0 Å². The van der Waals surface area contributed by atoms with E-state index in [0.717, 1.165) is 0 Å². The number of rotatable bonds is 27. The Balaban J connectivity index is 2.99. The third kappa shape index (κ3) is 30.0. The molecule has 0 aromatic heterocycles. The first kappa shape index (κ1) is 31.0. The van der Waals surface area contributed by atoms with Gasteiger partial charge in [0.2, 0.25) is 0 Å². The second-order valence-electron chi connectivity index (χ2n) is 10.4. The van der Waals surface area contributed by atoms with E-state index < -0.39 is 0 Å². The lowest BCUT2D eigenvalue weighted by atomic mass is 10.0. The summed E-state index contributed by atoms with van der Waals surface area (Å²) in [6.45, 7) is 4.61. The van der Waals surface area contributed by atoms with E-state index in [1.54, 1.807) is 0 Å². The van der Waals surface area contributed by atoms with Crippen molar-refractivity contribution >= 4 is 0 Å². The first-order valence-electron chi connectivity index (χ1n) is 14.8. The van der Waals surface area contributed by atoms with Crippen molar-refractivity contribution in [2.45, 2.75) is 174 Å². The molecular formula is C30H62N. The normalized spacial score (nSPS) is 11.6. The van der Waals surface area contributed by atoms with E-state index in [4.69, 9.17) is 0 Å². The minimum atomic E-state index is 1.26. The lowest BCUT2D eigenvalue weighted by Crippen LogP contribution is -2.06. The van der Waals surface area contributed by atoms with Crippen LogP contribution in [0.1, 0.15) is 174 Å². The molecule has 0 saturated carbocycles. The molecule has 187 valence electrons. The molecule has 0 aliphatic rings. The molecule has 0 bridgehead atoms. The van der Waals surface area contributed by atoms with Crippen molar-refractivity contribution in [2.75, 3.05) is 14.1 Å². The van der Waals surface area contributed by atoms with Gasteiger partial charge in [-0.1, -0.05) is 167 Å². The summed E-state index contributed by atoms with van der Waals surface area (Å²) in [5.41, 5.74) is 0. The summed E-state index contributed by atoms with van der Waals surface area (Å²) in [5, 5.41) is 0. The highest BCUT2D eigenvalue weighted by Gasteiger charge is 1.96. The summed E-state index contributed by atoms with van der Waals surface area (Å²) in [6.07, 6.45) is 38.0. The van der Waals surface area contributed by atoms with Gasteiger partial charge in [0.25, 0.3) is 0 Å². The Kier molecular flexibility index (Phi) is 28.0. The van der Waals surface area contributed by atoms with Crippen LogP contribution < -0.4 is 0 Å². The zero-order valence-corrected chi connectivity index (χ0v) is 22.4. The van der Waals surface area contributed by atoms with Crippen LogP contribution in [0.5, 0.6) is 0 Å². The maximum Gasteiger partial charge on any atom is 0.0245 e. The summed E-state index contributed by atoms with van der Waals surface area (Å²) in [5.74, 6) is 0. The Morgan fingerprint density at radius 2 is 0.581 bits per heavy atom. The van der Waals surface area contributed by atoms with Crippen LogP contribution in [0.2, 0.25) is 0 Å². The summed E-state index contributed by atoms with van der Waals surface area (Å²) < 4.78 is 0. The van der Waals surface area contributed by atoms with Gasteiger partial charge in [0.1, 0.15) is 0 Å². The average molecular weight is 437 g/mol. The fourth-order valence-corrected chi connectivity index (χ4v) is 4.63. The topological polar surface area (TPSA) is 3.24 Å². The second kappa shape index (κ2) is 28.0. The standard InChI is InChI=1S/C30H62N/c1-4-5-6-7-8-9-10-11-12-13-14-15-16-17-18-19-20-21-22-23-24-25-26-27-28-29-30-31(2)3/h30H,4-29H2,1-3H3. The highest BCUT2D eigenvalue weighted by atomic mass is 15.0. The molecule has 1 radical (unpaired) electrons. The molecule has 1 heteroatoms. The molecule has 0 amide bonds. The molecule has 0 unspecified atom stereocenters. The van der Waals surface area contributed by atoms with Gasteiger partial charge in [0, 0.05) is 6.54 Å². The largest absolute Gasteiger partial charge is 0.305 e. The quantitative estimate of drug-likeness (QED) is 0.116. The van der Waals surface area contributed by atoms with E-state index in [1.165, 1.54) is 167 Å². The second-order valence-corrected chi connectivity index (χ2v) is 10.4. The summed E-state index contributed by atoms with van der Waals surface area (Å²) >= 11 is 0. The minimum Gasteiger partial charge on any atom is -0.305 e. The predicted octanol–water partition coefficient (Wildman–Crippen LogP) is 10.9. The van der Waals surface area contributed by atoms with E-state index in [1.807, 2.05) is 0 Å². The Hall–Kier alpha value is -0.0400. The molecule has 0 N–H and O–H groups in total. The van der Waals surface area contributed by atoms with Crippen molar-refractivity contribution in [1.82, 2.24) is 4.90 Å². The first-order chi connectivity index (χ1) is 15.3. The molecule has 0 aliphatic carbocycles. The van der Waals surface area contributed by atoms with Gasteiger partial charge in [-0.2, -0.15) is 0 Å².